The number of carbonyl (C=O) groups is 2. The Bertz CT molecular complexity index is 1300. The summed E-state index contributed by atoms with van der Waals surface area (Å²) in [5.74, 6) is -1.86. The third-order valence-electron chi connectivity index (χ3n) is 6.67. The normalized spacial score (nSPS) is 24.0. The number of benzene rings is 2. The van der Waals surface area contributed by atoms with Gasteiger partial charge in [0.2, 0.25) is 5.91 Å². The predicted octanol–water partition coefficient (Wildman–Crippen LogP) is 4.02. The molecule has 1 N–H and O–H groups in total. The molecule has 2 aliphatic heterocycles. The molecule has 1 aromatic heterocycles. The standard InChI is InChI=1S/C24H19ClN4O4/c1-28-13-18(15-3-2-4-17(11-15)29(32)33)21(22(30)14-7-9-26-10-8-14)24(28)19-12-16(25)5-6-20(19)27-23(24)31/h2-12,18,21H,13H2,1H3,(H,27,31)/t18-,21+,24+/m0/s1. The molecule has 9 heteroatoms. The Morgan fingerprint density at radius 2 is 1.97 bits per heavy atom. The monoisotopic (exact) mass is 462 g/mol. The average Bonchev–Trinajstić information content (AvgIpc) is 3.29. The predicted molar refractivity (Wildman–Crippen MR) is 122 cm³/mol. The number of likely N-dealkylation sites (N-methyl/N-ethyl adjacent to an activating group) is 1. The highest BCUT2D eigenvalue weighted by molar-refractivity contribution is 6.31. The number of nitrogens with one attached hydrogen (secondary N) is 1. The van der Waals surface area contributed by atoms with Gasteiger partial charge in [-0.15, -0.1) is 0 Å². The Morgan fingerprint density at radius 1 is 1.21 bits per heavy atom. The van der Waals surface area contributed by atoms with Crippen molar-refractivity contribution < 1.29 is 14.5 Å². The fourth-order valence-electron chi connectivity index (χ4n) is 5.28. The zero-order valence-corrected chi connectivity index (χ0v) is 18.3. The van der Waals surface area contributed by atoms with E-state index in [1.165, 1.54) is 24.5 Å². The van der Waals surface area contributed by atoms with Crippen molar-refractivity contribution in [2.24, 2.45) is 5.92 Å². The second-order valence-corrected chi connectivity index (χ2v) is 8.76. The number of non-ortho nitro benzene ring substituents is 1. The van der Waals surface area contributed by atoms with Gasteiger partial charge in [-0.1, -0.05) is 23.7 Å². The maximum atomic E-state index is 14.0. The molecule has 1 fully saturated rings. The first-order valence-electron chi connectivity index (χ1n) is 10.4. The number of amides is 1. The van der Waals surface area contributed by atoms with Crippen LogP contribution in [0, 0.1) is 16.0 Å². The number of hydrogen-bond donors (Lipinski definition) is 1. The van der Waals surface area contributed by atoms with Crippen LogP contribution in [-0.2, 0) is 10.3 Å². The van der Waals surface area contributed by atoms with Crippen molar-refractivity contribution in [3.05, 3.63) is 98.8 Å². The van der Waals surface area contributed by atoms with E-state index < -0.39 is 22.3 Å². The molecule has 0 unspecified atom stereocenters. The molecule has 3 atom stereocenters. The van der Waals surface area contributed by atoms with Crippen molar-refractivity contribution in [1.82, 2.24) is 9.88 Å². The molecule has 0 saturated carbocycles. The average molecular weight is 463 g/mol. The smallest absolute Gasteiger partial charge is 0.269 e. The molecule has 1 saturated heterocycles. The zero-order valence-electron chi connectivity index (χ0n) is 17.6. The Hall–Kier alpha value is -3.62. The minimum absolute atomic E-state index is 0.0643. The maximum Gasteiger partial charge on any atom is 0.269 e. The van der Waals surface area contributed by atoms with Crippen LogP contribution in [0.4, 0.5) is 11.4 Å². The van der Waals surface area contributed by atoms with Crippen LogP contribution in [0.15, 0.2) is 67.0 Å². The highest BCUT2D eigenvalue weighted by Crippen LogP contribution is 2.56. The summed E-state index contributed by atoms with van der Waals surface area (Å²) in [4.78, 5) is 44.4. The summed E-state index contributed by atoms with van der Waals surface area (Å²) in [6, 6.07) is 14.6. The van der Waals surface area contributed by atoms with Crippen molar-refractivity contribution in [3.63, 3.8) is 0 Å². The number of ketones is 1. The van der Waals surface area contributed by atoms with Gasteiger partial charge in [-0.05, 0) is 42.9 Å². The molecule has 1 spiro atoms. The highest BCUT2D eigenvalue weighted by Gasteiger charge is 2.64. The van der Waals surface area contributed by atoms with Gasteiger partial charge in [0.15, 0.2) is 5.78 Å². The molecular formula is C24H19ClN4O4. The molecule has 0 bridgehead atoms. The largest absolute Gasteiger partial charge is 0.324 e. The topological polar surface area (TPSA) is 105 Å². The molecule has 8 nitrogen and oxygen atoms in total. The molecule has 1 amide bonds. The molecule has 166 valence electrons. The Balaban J connectivity index is 1.74. The number of fused-ring (bicyclic) bond motifs is 2. The summed E-state index contributed by atoms with van der Waals surface area (Å²) >= 11 is 6.31. The number of likely N-dealkylation sites (tertiary alicyclic amines) is 1. The third kappa shape index (κ3) is 3.13. The number of aromatic nitrogens is 1. The van der Waals surface area contributed by atoms with Gasteiger partial charge in [0.05, 0.1) is 10.8 Å². The summed E-state index contributed by atoms with van der Waals surface area (Å²) in [6.07, 6.45) is 3.06. The fraction of sp³-hybridized carbons (Fsp3) is 0.208. The van der Waals surface area contributed by atoms with Crippen molar-refractivity contribution in [2.75, 3.05) is 18.9 Å². The second-order valence-electron chi connectivity index (χ2n) is 8.33. The molecule has 2 aromatic carbocycles. The van der Waals surface area contributed by atoms with E-state index in [4.69, 9.17) is 11.6 Å². The minimum atomic E-state index is -1.31. The van der Waals surface area contributed by atoms with Crippen molar-refractivity contribution in [1.29, 1.82) is 0 Å². The van der Waals surface area contributed by atoms with E-state index in [0.29, 0.717) is 33.9 Å². The van der Waals surface area contributed by atoms with Crippen LogP contribution < -0.4 is 5.32 Å². The number of hydrogen-bond acceptors (Lipinski definition) is 6. The molecule has 3 heterocycles. The molecular weight excluding hydrogens is 444 g/mol. The number of carbonyl (C=O) groups excluding carboxylic acids is 2. The lowest BCUT2D eigenvalue weighted by Crippen LogP contribution is -2.51. The van der Waals surface area contributed by atoms with Crippen LogP contribution in [0.3, 0.4) is 0 Å². The molecule has 33 heavy (non-hydrogen) atoms. The van der Waals surface area contributed by atoms with Crippen LogP contribution in [0.5, 0.6) is 0 Å². The van der Waals surface area contributed by atoms with Gasteiger partial charge in [-0.3, -0.25) is 29.6 Å². The van der Waals surface area contributed by atoms with Gasteiger partial charge < -0.3 is 5.32 Å². The van der Waals surface area contributed by atoms with E-state index >= 15 is 0 Å². The van der Waals surface area contributed by atoms with E-state index in [0.717, 1.165) is 0 Å². The van der Waals surface area contributed by atoms with Crippen LogP contribution in [0.25, 0.3) is 0 Å². The van der Waals surface area contributed by atoms with Crippen LogP contribution in [0.1, 0.15) is 27.4 Å². The molecule has 0 aliphatic carbocycles. The first kappa shape index (κ1) is 21.2. The quantitative estimate of drug-likeness (QED) is 0.356. The first-order chi connectivity index (χ1) is 15.8. The Labute approximate surface area is 194 Å². The van der Waals surface area contributed by atoms with Crippen LogP contribution >= 0.6 is 11.6 Å². The van der Waals surface area contributed by atoms with E-state index in [-0.39, 0.29) is 17.4 Å². The number of nitro groups is 1. The number of rotatable bonds is 4. The van der Waals surface area contributed by atoms with E-state index in [1.54, 1.807) is 49.5 Å². The van der Waals surface area contributed by atoms with Crippen LogP contribution in [0.2, 0.25) is 5.02 Å². The highest BCUT2D eigenvalue weighted by atomic mass is 35.5. The summed E-state index contributed by atoms with van der Waals surface area (Å²) < 4.78 is 0. The van der Waals surface area contributed by atoms with Gasteiger partial charge in [0.1, 0.15) is 5.54 Å². The lowest BCUT2D eigenvalue weighted by atomic mass is 9.70. The van der Waals surface area contributed by atoms with Gasteiger partial charge in [0.25, 0.3) is 5.69 Å². The van der Waals surface area contributed by atoms with E-state index in [1.807, 2.05) is 4.90 Å². The molecule has 3 aromatic rings. The number of pyridine rings is 1. The summed E-state index contributed by atoms with van der Waals surface area (Å²) in [6.45, 7) is 0.349. The van der Waals surface area contributed by atoms with Gasteiger partial charge in [0, 0.05) is 58.8 Å². The number of nitro benzene ring substituents is 1. The zero-order chi connectivity index (χ0) is 23.3. The SMILES string of the molecule is CN1C[C@@H](c2cccc([N+](=O)[O-])c2)[C@H](C(=O)c2ccncc2)[C@]12C(=O)Nc1ccc(Cl)cc12. The summed E-state index contributed by atoms with van der Waals surface area (Å²) in [5.41, 5.74) is 0.902. The number of nitrogens with zero attached hydrogens (tertiary/aromatic N) is 3. The lowest BCUT2D eigenvalue weighted by molar-refractivity contribution is -0.384. The molecule has 2 aliphatic rings. The molecule has 5 rings (SSSR count). The third-order valence-corrected chi connectivity index (χ3v) is 6.90. The van der Waals surface area contributed by atoms with Crippen molar-refractivity contribution in [2.45, 2.75) is 11.5 Å². The van der Waals surface area contributed by atoms with Crippen molar-refractivity contribution in [3.8, 4) is 0 Å². The fourth-order valence-corrected chi connectivity index (χ4v) is 5.45. The van der Waals surface area contributed by atoms with Gasteiger partial charge in [-0.25, -0.2) is 0 Å². The molecule has 0 radical (unpaired) electrons. The Morgan fingerprint density at radius 3 is 2.70 bits per heavy atom. The van der Waals surface area contributed by atoms with Crippen molar-refractivity contribution >= 4 is 34.7 Å². The van der Waals surface area contributed by atoms with Gasteiger partial charge >= 0.3 is 0 Å². The maximum absolute atomic E-state index is 14.0. The summed E-state index contributed by atoms with van der Waals surface area (Å²) in [7, 11) is 1.79. The van der Waals surface area contributed by atoms with Gasteiger partial charge in [-0.2, -0.15) is 0 Å². The van der Waals surface area contributed by atoms with Crippen LogP contribution in [-0.4, -0.2) is 40.1 Å². The number of Topliss-reactive ketones (excluding diaryl/α,β-unsaturated/α-hetero) is 1. The number of halogens is 1. The first-order valence-corrected chi connectivity index (χ1v) is 10.7. The number of anilines is 1. The van der Waals surface area contributed by atoms with E-state index in [9.17, 15) is 19.7 Å². The second kappa shape index (κ2) is 7.75. The summed E-state index contributed by atoms with van der Waals surface area (Å²) in [5, 5.41) is 14.8. The minimum Gasteiger partial charge on any atom is -0.324 e. The lowest BCUT2D eigenvalue weighted by Gasteiger charge is -2.35. The Kier molecular flexibility index (Phi) is 4.99. The van der Waals surface area contributed by atoms with E-state index in [2.05, 4.69) is 10.3 Å².